The lowest BCUT2D eigenvalue weighted by molar-refractivity contribution is -0.134. The number of nitrogens with one attached hydrogen (secondary N) is 1. The van der Waals surface area contributed by atoms with E-state index in [2.05, 4.69) is 91.4 Å². The quantitative estimate of drug-likeness (QED) is 0.183. The summed E-state index contributed by atoms with van der Waals surface area (Å²) in [7, 11) is 0. The van der Waals surface area contributed by atoms with Crippen LogP contribution in [0.3, 0.4) is 0 Å². The monoisotopic (exact) mass is 850 g/mol. The lowest BCUT2D eigenvalue weighted by Crippen LogP contribution is -2.56. The van der Waals surface area contributed by atoms with E-state index in [1.54, 1.807) is 0 Å². The zero-order valence-electron chi connectivity index (χ0n) is 32.9. The normalized spacial score (nSPS) is 22.3. The van der Waals surface area contributed by atoms with E-state index >= 15 is 8.78 Å². The molecule has 4 aliphatic rings. The predicted molar refractivity (Wildman–Crippen MR) is 222 cm³/mol. The van der Waals surface area contributed by atoms with Crippen LogP contribution in [0.5, 0.6) is 0 Å². The molecule has 14 heteroatoms. The van der Waals surface area contributed by atoms with Gasteiger partial charge < -0.3 is 9.80 Å². The Bertz CT molecular complexity index is 2510. The van der Waals surface area contributed by atoms with Crippen molar-refractivity contribution >= 4 is 50.3 Å². The largest absolute Gasteiger partial charge is 0.366 e. The second-order valence-electron chi connectivity index (χ2n) is 16.9. The third-order valence-electron chi connectivity index (χ3n) is 12.8. The van der Waals surface area contributed by atoms with Gasteiger partial charge in [0.05, 0.1) is 27.9 Å². The fourth-order valence-electron chi connectivity index (χ4n) is 9.58. The van der Waals surface area contributed by atoms with Gasteiger partial charge in [0.1, 0.15) is 17.5 Å². The smallest absolute Gasteiger partial charge is 0.281 e. The molecule has 1 unspecified atom stereocenters. The molecule has 4 aliphatic heterocycles. The van der Waals surface area contributed by atoms with Crippen LogP contribution in [0, 0.1) is 11.6 Å². The maximum atomic E-state index is 15.2. The number of rotatable bonds is 6. The van der Waals surface area contributed by atoms with Crippen molar-refractivity contribution in [3.8, 4) is 5.69 Å². The third-order valence-corrected chi connectivity index (χ3v) is 13.4. The zero-order chi connectivity index (χ0) is 40.6. The van der Waals surface area contributed by atoms with E-state index in [1.165, 1.54) is 12.1 Å². The molecule has 11 nitrogen and oxygen atoms in total. The molecule has 0 spiro atoms. The van der Waals surface area contributed by atoms with Gasteiger partial charge in [-0.1, -0.05) is 12.1 Å². The second kappa shape index (κ2) is 14.6. The zero-order valence-corrected chi connectivity index (χ0v) is 34.5. The van der Waals surface area contributed by atoms with Gasteiger partial charge in [-0.25, -0.2) is 18.7 Å². The average molecular weight is 852 g/mol. The van der Waals surface area contributed by atoms with E-state index in [1.807, 2.05) is 30.6 Å². The third kappa shape index (κ3) is 6.58. The van der Waals surface area contributed by atoms with Crippen LogP contribution >= 0.6 is 15.9 Å². The van der Waals surface area contributed by atoms with Gasteiger partial charge in [-0.05, 0) is 116 Å². The van der Waals surface area contributed by atoms with Crippen LogP contribution in [0.2, 0.25) is 0 Å². The van der Waals surface area contributed by atoms with Gasteiger partial charge in [0, 0.05) is 84.9 Å². The number of hydrogen-bond donors (Lipinski definition) is 1. The molecule has 5 aromatic rings. The van der Waals surface area contributed by atoms with Crippen molar-refractivity contribution in [2.24, 2.45) is 0 Å². The standard InChI is InChI=1S/C44H45BrF2N8O3/c1-24-22-54(29-8-10-31-36(18-29)55-35-7-5-6-32(45)39(35)41(58)51-42(55)44(31,3)4)25(2)21-53(24)23-26-19-48-43(49-20-26)52-14-12-27(13-15-52)28-16-33(46)38(34(47)17-28)30-9-11-37(56)50-40(30)57/h5-8,10,16-20,24-25,27,30H,9,11-15,21-23H2,1-4H3,(H,50,56,57)/t24-,25+,30?/m1/s1. The van der Waals surface area contributed by atoms with Gasteiger partial charge in [0.25, 0.3) is 5.56 Å². The minimum Gasteiger partial charge on any atom is -0.366 e. The number of carbonyl (C=O) groups excluding carboxylic acids is 2. The maximum Gasteiger partial charge on any atom is 0.281 e. The number of fused-ring (bicyclic) bond motifs is 5. The van der Waals surface area contributed by atoms with Gasteiger partial charge in [-0.3, -0.25) is 29.2 Å². The maximum absolute atomic E-state index is 15.2. The SMILES string of the molecule is C[C@@H]1CN(c2ccc3c(c2)-n2c(nc(=O)c4c(Br)cccc42)C3(C)C)[C@@H](C)CN1Cc1cnc(N2CCC(c3cc(F)c(C4CCC(=O)NC4=O)c(F)c3)CC2)nc1. The molecule has 2 aromatic heterocycles. The summed E-state index contributed by atoms with van der Waals surface area (Å²) in [5.74, 6) is -2.22. The van der Waals surface area contributed by atoms with E-state index in [-0.39, 0.29) is 42.0 Å². The highest BCUT2D eigenvalue weighted by Gasteiger charge is 2.40. The second-order valence-corrected chi connectivity index (χ2v) is 17.7. The molecular formula is C44H45BrF2N8O3. The number of imide groups is 1. The number of benzene rings is 3. The molecule has 2 amide bonds. The van der Waals surface area contributed by atoms with Crippen LogP contribution in [0.25, 0.3) is 16.6 Å². The fourth-order valence-corrected chi connectivity index (χ4v) is 10.1. The Labute approximate surface area is 343 Å². The molecule has 1 N–H and O–H groups in total. The number of amides is 2. The summed E-state index contributed by atoms with van der Waals surface area (Å²) in [6.45, 7) is 12.5. The molecule has 58 heavy (non-hydrogen) atoms. The highest BCUT2D eigenvalue weighted by atomic mass is 79.9. The summed E-state index contributed by atoms with van der Waals surface area (Å²) >= 11 is 3.58. The van der Waals surface area contributed by atoms with E-state index in [0.29, 0.717) is 42.8 Å². The number of aromatic nitrogens is 4. The fraction of sp³-hybridized carbons (Fsp3) is 0.409. The molecule has 3 fully saturated rings. The number of halogens is 3. The molecule has 0 radical (unpaired) electrons. The molecule has 9 rings (SSSR count). The van der Waals surface area contributed by atoms with Crippen molar-refractivity contribution in [2.75, 3.05) is 36.0 Å². The van der Waals surface area contributed by atoms with E-state index in [0.717, 1.165) is 57.9 Å². The summed E-state index contributed by atoms with van der Waals surface area (Å²) in [5, 5.41) is 2.77. The molecular weight excluding hydrogens is 806 g/mol. The van der Waals surface area contributed by atoms with Crippen molar-refractivity contribution in [3.05, 3.63) is 115 Å². The first-order chi connectivity index (χ1) is 27.8. The van der Waals surface area contributed by atoms with Gasteiger partial charge in [0.15, 0.2) is 0 Å². The van der Waals surface area contributed by atoms with Gasteiger partial charge in [-0.15, -0.1) is 0 Å². The summed E-state index contributed by atoms with van der Waals surface area (Å²) in [6, 6.07) is 15.7. The summed E-state index contributed by atoms with van der Waals surface area (Å²) in [6.07, 6.45) is 5.31. The van der Waals surface area contributed by atoms with Gasteiger partial charge in [-0.2, -0.15) is 4.98 Å². The van der Waals surface area contributed by atoms with Crippen molar-refractivity contribution in [1.82, 2.24) is 29.7 Å². The lowest BCUT2D eigenvalue weighted by Gasteiger charge is -2.45. The molecule has 6 heterocycles. The summed E-state index contributed by atoms with van der Waals surface area (Å²) in [4.78, 5) is 58.1. The van der Waals surface area contributed by atoms with Crippen LogP contribution in [-0.2, 0) is 21.5 Å². The number of anilines is 2. The highest BCUT2D eigenvalue weighted by molar-refractivity contribution is 9.10. The number of nitrogens with zero attached hydrogens (tertiary/aromatic N) is 7. The molecule has 3 aromatic carbocycles. The van der Waals surface area contributed by atoms with E-state index < -0.39 is 34.8 Å². The Balaban J connectivity index is 0.841. The van der Waals surface area contributed by atoms with Crippen molar-refractivity contribution in [1.29, 1.82) is 0 Å². The number of hydrogen-bond acceptors (Lipinski definition) is 9. The van der Waals surface area contributed by atoms with Crippen LogP contribution in [0.15, 0.2) is 70.2 Å². The number of piperidine rings is 2. The lowest BCUT2D eigenvalue weighted by atomic mass is 9.85. The first-order valence-corrected chi connectivity index (χ1v) is 20.8. The Morgan fingerprint density at radius 1 is 0.914 bits per heavy atom. The average Bonchev–Trinajstić information content (AvgIpc) is 3.42. The molecule has 0 bridgehead atoms. The van der Waals surface area contributed by atoms with Crippen LogP contribution in [0.4, 0.5) is 20.4 Å². The number of carbonyl (C=O) groups is 2. The topological polar surface area (TPSA) is 117 Å². The molecule has 0 saturated carbocycles. The van der Waals surface area contributed by atoms with Crippen LogP contribution in [-0.4, -0.2) is 74.5 Å². The number of piperazine rings is 1. The van der Waals surface area contributed by atoms with Crippen molar-refractivity contribution in [2.45, 2.75) is 89.3 Å². The van der Waals surface area contributed by atoms with Crippen LogP contribution in [0.1, 0.15) is 93.3 Å². The minimum atomic E-state index is -1.01. The first-order valence-electron chi connectivity index (χ1n) is 20.0. The Morgan fingerprint density at radius 3 is 2.34 bits per heavy atom. The Morgan fingerprint density at radius 2 is 1.64 bits per heavy atom. The van der Waals surface area contributed by atoms with Crippen molar-refractivity contribution < 1.29 is 18.4 Å². The summed E-state index contributed by atoms with van der Waals surface area (Å²) < 4.78 is 33.4. The minimum absolute atomic E-state index is 0.0398. The molecule has 3 atom stereocenters. The van der Waals surface area contributed by atoms with E-state index in [4.69, 9.17) is 9.97 Å². The Kier molecular flexibility index (Phi) is 9.70. The Hall–Kier alpha value is -5.08. The predicted octanol–water partition coefficient (Wildman–Crippen LogP) is 6.86. The molecule has 300 valence electrons. The van der Waals surface area contributed by atoms with Crippen LogP contribution < -0.4 is 20.7 Å². The summed E-state index contributed by atoms with van der Waals surface area (Å²) in [5.41, 5.74) is 4.89. The van der Waals surface area contributed by atoms with Crippen molar-refractivity contribution in [3.63, 3.8) is 0 Å². The molecule has 3 saturated heterocycles. The highest BCUT2D eigenvalue weighted by Crippen LogP contribution is 2.45. The van der Waals surface area contributed by atoms with Gasteiger partial charge in [0.2, 0.25) is 17.8 Å². The van der Waals surface area contributed by atoms with E-state index in [9.17, 15) is 14.4 Å². The molecule has 0 aliphatic carbocycles. The van der Waals surface area contributed by atoms with Gasteiger partial charge >= 0.3 is 0 Å². The first kappa shape index (κ1) is 38.4.